The standard InChI is InChI=1S/C15H20N4O/c1-3-7-18(2)14-9-15(20)19(17-10-14)11-12-5-4-6-13(16)8-12/h4-6,8-10H,3,7,11,16H2,1-2H3. The van der Waals surface area contributed by atoms with Crippen LogP contribution in [0.4, 0.5) is 11.4 Å². The second-order valence-corrected chi connectivity index (χ2v) is 4.88. The number of hydrogen-bond acceptors (Lipinski definition) is 4. The lowest BCUT2D eigenvalue weighted by Crippen LogP contribution is -2.26. The van der Waals surface area contributed by atoms with Gasteiger partial charge in [-0.25, -0.2) is 4.68 Å². The Bertz CT molecular complexity index is 636. The molecule has 0 radical (unpaired) electrons. The summed E-state index contributed by atoms with van der Waals surface area (Å²) in [6, 6.07) is 9.10. The molecule has 0 saturated carbocycles. The summed E-state index contributed by atoms with van der Waals surface area (Å²) in [5.74, 6) is 0. The van der Waals surface area contributed by atoms with Gasteiger partial charge in [0, 0.05) is 25.3 Å². The van der Waals surface area contributed by atoms with Crippen LogP contribution in [0, 0.1) is 0 Å². The van der Waals surface area contributed by atoms with Gasteiger partial charge in [-0.3, -0.25) is 4.79 Å². The van der Waals surface area contributed by atoms with Gasteiger partial charge in [-0.05, 0) is 24.1 Å². The molecule has 2 aromatic rings. The molecule has 0 fully saturated rings. The largest absolute Gasteiger partial charge is 0.399 e. The van der Waals surface area contributed by atoms with Crippen LogP contribution in [0.15, 0.2) is 41.3 Å². The normalized spacial score (nSPS) is 10.5. The van der Waals surface area contributed by atoms with Crippen LogP contribution in [0.2, 0.25) is 0 Å². The molecule has 0 bridgehead atoms. The molecule has 5 nitrogen and oxygen atoms in total. The molecular formula is C15H20N4O. The van der Waals surface area contributed by atoms with Gasteiger partial charge in [-0.2, -0.15) is 5.10 Å². The van der Waals surface area contributed by atoms with E-state index in [-0.39, 0.29) is 5.56 Å². The van der Waals surface area contributed by atoms with Crippen LogP contribution in [-0.4, -0.2) is 23.4 Å². The van der Waals surface area contributed by atoms with Gasteiger partial charge in [0.25, 0.3) is 5.56 Å². The molecule has 0 spiro atoms. The molecule has 106 valence electrons. The van der Waals surface area contributed by atoms with Crippen molar-refractivity contribution in [3.63, 3.8) is 0 Å². The van der Waals surface area contributed by atoms with Crippen LogP contribution in [0.1, 0.15) is 18.9 Å². The maximum absolute atomic E-state index is 12.1. The number of aromatic nitrogens is 2. The van der Waals surface area contributed by atoms with E-state index in [9.17, 15) is 4.79 Å². The Hall–Kier alpha value is -2.30. The topological polar surface area (TPSA) is 64.2 Å². The highest BCUT2D eigenvalue weighted by atomic mass is 16.1. The van der Waals surface area contributed by atoms with Crippen LogP contribution in [0.5, 0.6) is 0 Å². The molecule has 5 heteroatoms. The van der Waals surface area contributed by atoms with E-state index in [1.165, 1.54) is 4.68 Å². The van der Waals surface area contributed by atoms with E-state index in [0.29, 0.717) is 12.2 Å². The van der Waals surface area contributed by atoms with Crippen molar-refractivity contribution in [2.45, 2.75) is 19.9 Å². The Morgan fingerprint density at radius 2 is 2.15 bits per heavy atom. The summed E-state index contributed by atoms with van der Waals surface area (Å²) in [6.45, 7) is 3.44. The summed E-state index contributed by atoms with van der Waals surface area (Å²) < 4.78 is 1.44. The summed E-state index contributed by atoms with van der Waals surface area (Å²) in [6.07, 6.45) is 2.76. The molecule has 1 aromatic heterocycles. The zero-order valence-corrected chi connectivity index (χ0v) is 11.9. The highest BCUT2D eigenvalue weighted by Crippen LogP contribution is 2.09. The monoisotopic (exact) mass is 272 g/mol. The first-order valence-electron chi connectivity index (χ1n) is 6.73. The molecule has 2 N–H and O–H groups in total. The van der Waals surface area contributed by atoms with Crippen LogP contribution in [0.3, 0.4) is 0 Å². The molecule has 0 unspecified atom stereocenters. The number of hydrogen-bond donors (Lipinski definition) is 1. The highest BCUT2D eigenvalue weighted by molar-refractivity contribution is 5.42. The number of rotatable bonds is 5. The second kappa shape index (κ2) is 6.23. The molecule has 0 saturated heterocycles. The van der Waals surface area contributed by atoms with Crippen molar-refractivity contribution in [1.29, 1.82) is 0 Å². The van der Waals surface area contributed by atoms with E-state index in [0.717, 1.165) is 24.2 Å². The lowest BCUT2D eigenvalue weighted by atomic mass is 10.2. The van der Waals surface area contributed by atoms with Crippen molar-refractivity contribution >= 4 is 11.4 Å². The summed E-state index contributed by atoms with van der Waals surface area (Å²) in [7, 11) is 1.96. The van der Waals surface area contributed by atoms with E-state index >= 15 is 0 Å². The van der Waals surface area contributed by atoms with E-state index in [1.807, 2.05) is 36.2 Å². The zero-order valence-electron chi connectivity index (χ0n) is 11.9. The first-order valence-corrected chi connectivity index (χ1v) is 6.73. The van der Waals surface area contributed by atoms with Gasteiger partial charge in [0.05, 0.1) is 18.4 Å². The summed E-state index contributed by atoms with van der Waals surface area (Å²) in [4.78, 5) is 14.1. The average Bonchev–Trinajstić information content (AvgIpc) is 2.41. The number of nitrogen functional groups attached to an aromatic ring is 1. The molecule has 1 aromatic carbocycles. The Kier molecular flexibility index (Phi) is 4.40. The smallest absolute Gasteiger partial charge is 0.269 e. The fraction of sp³-hybridized carbons (Fsp3) is 0.333. The molecule has 2 rings (SSSR count). The van der Waals surface area contributed by atoms with Crippen LogP contribution in [-0.2, 0) is 6.54 Å². The lowest BCUT2D eigenvalue weighted by Gasteiger charge is -2.17. The lowest BCUT2D eigenvalue weighted by molar-refractivity contribution is 0.637. The fourth-order valence-corrected chi connectivity index (χ4v) is 2.08. The van der Waals surface area contributed by atoms with Gasteiger partial charge in [-0.15, -0.1) is 0 Å². The summed E-state index contributed by atoms with van der Waals surface area (Å²) in [5.41, 5.74) is 8.13. The van der Waals surface area contributed by atoms with Gasteiger partial charge in [0.15, 0.2) is 0 Å². The van der Waals surface area contributed by atoms with Gasteiger partial charge in [-0.1, -0.05) is 19.1 Å². The van der Waals surface area contributed by atoms with Crippen LogP contribution < -0.4 is 16.2 Å². The van der Waals surface area contributed by atoms with E-state index in [4.69, 9.17) is 5.73 Å². The molecule has 1 heterocycles. The molecule has 0 aliphatic rings. The minimum Gasteiger partial charge on any atom is -0.399 e. The van der Waals surface area contributed by atoms with Crippen LogP contribution in [0.25, 0.3) is 0 Å². The minimum atomic E-state index is -0.104. The van der Waals surface area contributed by atoms with Crippen molar-refractivity contribution in [1.82, 2.24) is 9.78 Å². The average molecular weight is 272 g/mol. The van der Waals surface area contributed by atoms with E-state index in [1.54, 1.807) is 12.3 Å². The van der Waals surface area contributed by atoms with Crippen molar-refractivity contribution in [2.24, 2.45) is 0 Å². The molecule has 0 amide bonds. The van der Waals surface area contributed by atoms with Gasteiger partial charge in [0.2, 0.25) is 0 Å². The molecule has 20 heavy (non-hydrogen) atoms. The summed E-state index contributed by atoms with van der Waals surface area (Å²) >= 11 is 0. The Balaban J connectivity index is 2.20. The third-order valence-corrected chi connectivity index (χ3v) is 3.14. The molecule has 0 atom stereocenters. The Labute approximate surface area is 118 Å². The first-order chi connectivity index (χ1) is 9.60. The van der Waals surface area contributed by atoms with Gasteiger partial charge < -0.3 is 10.6 Å². The fourth-order valence-electron chi connectivity index (χ4n) is 2.08. The zero-order chi connectivity index (χ0) is 14.5. The highest BCUT2D eigenvalue weighted by Gasteiger charge is 2.05. The number of nitrogens with zero attached hydrogens (tertiary/aromatic N) is 3. The third-order valence-electron chi connectivity index (χ3n) is 3.14. The third kappa shape index (κ3) is 3.38. The predicted octanol–water partition coefficient (Wildman–Crippen LogP) is 1.72. The second-order valence-electron chi connectivity index (χ2n) is 4.88. The van der Waals surface area contributed by atoms with Crippen LogP contribution >= 0.6 is 0 Å². The number of benzene rings is 1. The maximum atomic E-state index is 12.1. The number of nitrogens with two attached hydrogens (primary N) is 1. The van der Waals surface area contributed by atoms with Crippen molar-refractivity contribution < 1.29 is 0 Å². The molecule has 0 aliphatic carbocycles. The van der Waals surface area contributed by atoms with E-state index < -0.39 is 0 Å². The molecule has 0 aliphatic heterocycles. The predicted molar refractivity (Wildman–Crippen MR) is 82.0 cm³/mol. The van der Waals surface area contributed by atoms with Crippen molar-refractivity contribution in [2.75, 3.05) is 24.2 Å². The minimum absolute atomic E-state index is 0.104. The Morgan fingerprint density at radius 3 is 2.80 bits per heavy atom. The van der Waals surface area contributed by atoms with Crippen molar-refractivity contribution in [3.8, 4) is 0 Å². The maximum Gasteiger partial charge on any atom is 0.269 e. The summed E-state index contributed by atoms with van der Waals surface area (Å²) in [5, 5.41) is 4.23. The molecular weight excluding hydrogens is 252 g/mol. The number of anilines is 2. The van der Waals surface area contributed by atoms with Crippen molar-refractivity contribution in [3.05, 3.63) is 52.4 Å². The Morgan fingerprint density at radius 1 is 1.35 bits per heavy atom. The van der Waals surface area contributed by atoms with Gasteiger partial charge in [0.1, 0.15) is 0 Å². The first kappa shape index (κ1) is 14.1. The van der Waals surface area contributed by atoms with Gasteiger partial charge >= 0.3 is 0 Å². The quantitative estimate of drug-likeness (QED) is 0.842. The SMILES string of the molecule is CCCN(C)c1cnn(Cc2cccc(N)c2)c(=O)c1. The van der Waals surface area contributed by atoms with E-state index in [2.05, 4.69) is 12.0 Å².